The van der Waals surface area contributed by atoms with Gasteiger partial charge in [0.2, 0.25) is 0 Å². The Hall–Kier alpha value is -0.580. The Labute approximate surface area is 111 Å². The van der Waals surface area contributed by atoms with Crippen LogP contribution in [-0.2, 0) is 0 Å². The molecule has 0 radical (unpaired) electrons. The number of nitrogens with one attached hydrogen (secondary N) is 1. The Morgan fingerprint density at radius 1 is 1.50 bits per heavy atom. The molecule has 1 aromatic rings. The molecule has 1 N–H and O–H groups in total. The van der Waals surface area contributed by atoms with E-state index in [0.717, 1.165) is 22.0 Å². The second kappa shape index (κ2) is 6.89. The fourth-order valence-corrected chi connectivity index (χ4v) is 2.06. The van der Waals surface area contributed by atoms with Gasteiger partial charge in [-0.25, -0.2) is 0 Å². The minimum Gasteiger partial charge on any atom is -0.350 e. The lowest BCUT2D eigenvalue weighted by Crippen LogP contribution is -2.32. The van der Waals surface area contributed by atoms with Gasteiger partial charge in [0, 0.05) is 15.2 Å². The predicted octanol–water partition coefficient (Wildman–Crippen LogP) is 3.60. The number of carbonyl (C=O) groups is 1. The van der Waals surface area contributed by atoms with E-state index in [9.17, 15) is 4.79 Å². The van der Waals surface area contributed by atoms with Crippen LogP contribution in [0.2, 0.25) is 0 Å². The van der Waals surface area contributed by atoms with Gasteiger partial charge in [0.05, 0.1) is 0 Å². The monoisotopic (exact) mass is 331 g/mol. The SMILES string of the molecule is CCCCC(C)NC(=O)c1cccc(I)c1. The molecule has 16 heavy (non-hydrogen) atoms. The average molecular weight is 331 g/mol. The van der Waals surface area contributed by atoms with Crippen LogP contribution in [-0.4, -0.2) is 11.9 Å². The number of carbonyl (C=O) groups excluding carboxylic acids is 1. The highest BCUT2D eigenvalue weighted by atomic mass is 127. The van der Waals surface area contributed by atoms with E-state index in [1.54, 1.807) is 0 Å². The van der Waals surface area contributed by atoms with Crippen LogP contribution < -0.4 is 5.32 Å². The van der Waals surface area contributed by atoms with Gasteiger partial charge in [-0.1, -0.05) is 25.8 Å². The van der Waals surface area contributed by atoms with Gasteiger partial charge >= 0.3 is 0 Å². The van der Waals surface area contributed by atoms with Crippen molar-refractivity contribution in [2.24, 2.45) is 0 Å². The highest BCUT2D eigenvalue weighted by Gasteiger charge is 2.09. The zero-order valence-electron chi connectivity index (χ0n) is 9.79. The summed E-state index contributed by atoms with van der Waals surface area (Å²) in [5.41, 5.74) is 0.746. The summed E-state index contributed by atoms with van der Waals surface area (Å²) in [5, 5.41) is 3.02. The number of amides is 1. The van der Waals surface area contributed by atoms with E-state index in [0.29, 0.717) is 0 Å². The summed E-state index contributed by atoms with van der Waals surface area (Å²) < 4.78 is 1.09. The van der Waals surface area contributed by atoms with Crippen molar-refractivity contribution < 1.29 is 4.79 Å². The number of halogens is 1. The molecule has 0 aliphatic heterocycles. The number of hydrogen-bond acceptors (Lipinski definition) is 1. The van der Waals surface area contributed by atoms with Crippen molar-refractivity contribution in [3.8, 4) is 0 Å². The summed E-state index contributed by atoms with van der Waals surface area (Å²) in [6, 6.07) is 7.91. The van der Waals surface area contributed by atoms with Crippen LogP contribution in [0.15, 0.2) is 24.3 Å². The van der Waals surface area contributed by atoms with Crippen molar-refractivity contribution in [2.45, 2.75) is 39.2 Å². The van der Waals surface area contributed by atoms with E-state index in [4.69, 9.17) is 0 Å². The van der Waals surface area contributed by atoms with E-state index in [2.05, 4.69) is 41.8 Å². The van der Waals surface area contributed by atoms with Gasteiger partial charge in [-0.3, -0.25) is 4.79 Å². The van der Waals surface area contributed by atoms with Crippen LogP contribution >= 0.6 is 22.6 Å². The molecule has 0 saturated heterocycles. The average Bonchev–Trinajstić information content (AvgIpc) is 2.26. The highest BCUT2D eigenvalue weighted by Crippen LogP contribution is 2.08. The van der Waals surface area contributed by atoms with Gasteiger partial charge in [0.15, 0.2) is 0 Å². The third-order valence-electron chi connectivity index (χ3n) is 2.45. The number of hydrogen-bond donors (Lipinski definition) is 1. The second-order valence-electron chi connectivity index (χ2n) is 4.03. The molecule has 1 unspecified atom stereocenters. The smallest absolute Gasteiger partial charge is 0.251 e. The summed E-state index contributed by atoms with van der Waals surface area (Å²) in [4.78, 5) is 11.9. The van der Waals surface area contributed by atoms with Gasteiger partial charge in [0.25, 0.3) is 5.91 Å². The quantitative estimate of drug-likeness (QED) is 0.821. The fourth-order valence-electron chi connectivity index (χ4n) is 1.52. The number of rotatable bonds is 5. The van der Waals surface area contributed by atoms with Crippen molar-refractivity contribution >= 4 is 28.5 Å². The summed E-state index contributed by atoms with van der Waals surface area (Å²) in [6.45, 7) is 4.22. The van der Waals surface area contributed by atoms with Crippen LogP contribution in [0.1, 0.15) is 43.5 Å². The molecule has 0 bridgehead atoms. The molecule has 0 aliphatic carbocycles. The molecule has 1 amide bonds. The van der Waals surface area contributed by atoms with Crippen molar-refractivity contribution in [1.29, 1.82) is 0 Å². The maximum Gasteiger partial charge on any atom is 0.251 e. The lowest BCUT2D eigenvalue weighted by Gasteiger charge is -2.13. The van der Waals surface area contributed by atoms with Crippen LogP contribution in [0.4, 0.5) is 0 Å². The van der Waals surface area contributed by atoms with Gasteiger partial charge in [-0.2, -0.15) is 0 Å². The minimum absolute atomic E-state index is 0.0297. The number of unbranched alkanes of at least 4 members (excludes halogenated alkanes) is 1. The molecular formula is C13H18INO. The normalized spacial score (nSPS) is 12.2. The van der Waals surface area contributed by atoms with Crippen molar-refractivity contribution in [3.05, 3.63) is 33.4 Å². The summed E-state index contributed by atoms with van der Waals surface area (Å²) in [7, 11) is 0. The van der Waals surface area contributed by atoms with E-state index in [1.165, 1.54) is 6.42 Å². The van der Waals surface area contributed by atoms with Crippen LogP contribution in [0.5, 0.6) is 0 Å². The maximum atomic E-state index is 11.9. The molecule has 0 saturated carbocycles. The van der Waals surface area contributed by atoms with Crippen molar-refractivity contribution in [1.82, 2.24) is 5.32 Å². The molecule has 0 aliphatic rings. The Morgan fingerprint density at radius 3 is 2.88 bits per heavy atom. The fraction of sp³-hybridized carbons (Fsp3) is 0.462. The lowest BCUT2D eigenvalue weighted by molar-refractivity contribution is 0.0938. The number of benzene rings is 1. The third kappa shape index (κ3) is 4.51. The zero-order valence-corrected chi connectivity index (χ0v) is 12.0. The summed E-state index contributed by atoms with van der Waals surface area (Å²) in [6.07, 6.45) is 3.38. The maximum absolute atomic E-state index is 11.9. The second-order valence-corrected chi connectivity index (χ2v) is 5.27. The molecule has 2 nitrogen and oxygen atoms in total. The highest BCUT2D eigenvalue weighted by molar-refractivity contribution is 14.1. The third-order valence-corrected chi connectivity index (χ3v) is 3.13. The molecule has 88 valence electrons. The predicted molar refractivity (Wildman–Crippen MR) is 75.6 cm³/mol. The first-order chi connectivity index (χ1) is 7.63. The Morgan fingerprint density at radius 2 is 2.25 bits per heavy atom. The summed E-state index contributed by atoms with van der Waals surface area (Å²) >= 11 is 2.22. The van der Waals surface area contributed by atoms with Gasteiger partial charge in [-0.05, 0) is 54.1 Å². The molecule has 0 spiro atoms. The zero-order chi connectivity index (χ0) is 12.0. The Balaban J connectivity index is 2.52. The summed E-state index contributed by atoms with van der Waals surface area (Å²) in [5.74, 6) is 0.0297. The van der Waals surface area contributed by atoms with E-state index < -0.39 is 0 Å². The van der Waals surface area contributed by atoms with E-state index in [1.807, 2.05) is 24.3 Å². The standard InChI is InChI=1S/C13H18INO/c1-3-4-6-10(2)15-13(16)11-7-5-8-12(14)9-11/h5,7-10H,3-4,6H2,1-2H3,(H,15,16). The molecule has 0 fully saturated rings. The van der Waals surface area contributed by atoms with Crippen molar-refractivity contribution in [2.75, 3.05) is 0 Å². The lowest BCUT2D eigenvalue weighted by atomic mass is 10.1. The molecule has 0 aromatic heterocycles. The van der Waals surface area contributed by atoms with Crippen LogP contribution in [0, 0.1) is 3.57 Å². The molecule has 0 heterocycles. The van der Waals surface area contributed by atoms with Crippen LogP contribution in [0.25, 0.3) is 0 Å². The van der Waals surface area contributed by atoms with Crippen molar-refractivity contribution in [3.63, 3.8) is 0 Å². The molecular weight excluding hydrogens is 313 g/mol. The Kier molecular flexibility index (Phi) is 5.80. The topological polar surface area (TPSA) is 29.1 Å². The first kappa shape index (κ1) is 13.5. The largest absolute Gasteiger partial charge is 0.350 e. The van der Waals surface area contributed by atoms with E-state index in [-0.39, 0.29) is 11.9 Å². The first-order valence-electron chi connectivity index (χ1n) is 5.70. The molecule has 1 rings (SSSR count). The minimum atomic E-state index is 0.0297. The van der Waals surface area contributed by atoms with Gasteiger partial charge < -0.3 is 5.32 Å². The molecule has 3 heteroatoms. The van der Waals surface area contributed by atoms with E-state index >= 15 is 0 Å². The Bertz CT molecular complexity index is 352. The van der Waals surface area contributed by atoms with Gasteiger partial charge in [-0.15, -0.1) is 0 Å². The first-order valence-corrected chi connectivity index (χ1v) is 6.77. The molecule has 1 atom stereocenters. The molecule has 1 aromatic carbocycles. The van der Waals surface area contributed by atoms with Gasteiger partial charge in [0.1, 0.15) is 0 Å². The van der Waals surface area contributed by atoms with Crippen LogP contribution in [0.3, 0.4) is 0 Å².